The molecule has 0 aromatic carbocycles. The van der Waals surface area contributed by atoms with E-state index >= 15 is 0 Å². The highest BCUT2D eigenvalue weighted by molar-refractivity contribution is 4.91. The molecule has 0 bridgehead atoms. The van der Waals surface area contributed by atoms with E-state index in [0.29, 0.717) is 26.4 Å². The fourth-order valence-electron chi connectivity index (χ4n) is 3.92. The van der Waals surface area contributed by atoms with E-state index in [-0.39, 0.29) is 12.0 Å². The van der Waals surface area contributed by atoms with Crippen molar-refractivity contribution in [3.63, 3.8) is 0 Å². The van der Waals surface area contributed by atoms with Gasteiger partial charge in [-0.2, -0.15) is 0 Å². The van der Waals surface area contributed by atoms with Gasteiger partial charge in [-0.05, 0) is 25.7 Å². The van der Waals surface area contributed by atoms with Crippen LogP contribution < -0.4 is 0 Å². The van der Waals surface area contributed by atoms with Crippen LogP contribution in [0, 0.1) is 5.92 Å². The number of nitrogens with zero attached hydrogens (tertiary/aromatic N) is 3. The molecule has 5 N–H and O–H groups in total. The standard InChI is InChI=1S/C21H37N3O8/c25-12-17-18(27)19(28)20(29)21(32-17)31-9-5-3-1-2-4-8-30-13-15-11-24(23-22-15)10-14-6-7-16(14)26/h11,14,16-21,25-29H,1-10,12-13H2. The van der Waals surface area contributed by atoms with Crippen LogP contribution in [0.15, 0.2) is 6.20 Å². The Morgan fingerprint density at radius 1 is 0.969 bits per heavy atom. The average molecular weight is 460 g/mol. The minimum Gasteiger partial charge on any atom is -0.394 e. The van der Waals surface area contributed by atoms with Gasteiger partial charge in [-0.15, -0.1) is 5.10 Å². The smallest absolute Gasteiger partial charge is 0.186 e. The second-order valence-electron chi connectivity index (χ2n) is 8.73. The van der Waals surface area contributed by atoms with Crippen molar-refractivity contribution in [2.75, 3.05) is 19.8 Å². The van der Waals surface area contributed by atoms with Gasteiger partial charge in [-0.3, -0.25) is 4.68 Å². The van der Waals surface area contributed by atoms with Crippen LogP contribution in [0.5, 0.6) is 0 Å². The highest BCUT2D eigenvalue weighted by Crippen LogP contribution is 2.28. The van der Waals surface area contributed by atoms with Crippen molar-refractivity contribution < 1.29 is 39.7 Å². The summed E-state index contributed by atoms with van der Waals surface area (Å²) in [6.07, 6.45) is 2.13. The first-order chi connectivity index (χ1) is 15.5. The van der Waals surface area contributed by atoms with Gasteiger partial charge in [-0.1, -0.05) is 24.5 Å². The molecule has 1 aromatic heterocycles. The van der Waals surface area contributed by atoms with Crippen LogP contribution >= 0.6 is 0 Å². The van der Waals surface area contributed by atoms with Crippen LogP contribution in [0.2, 0.25) is 0 Å². The van der Waals surface area contributed by atoms with Crippen LogP contribution in [0.4, 0.5) is 0 Å². The molecule has 1 aromatic rings. The van der Waals surface area contributed by atoms with Gasteiger partial charge in [0.25, 0.3) is 0 Å². The first-order valence-corrected chi connectivity index (χ1v) is 11.6. The molecule has 0 spiro atoms. The quantitative estimate of drug-likeness (QED) is 0.226. The van der Waals surface area contributed by atoms with Crippen molar-refractivity contribution in [2.45, 2.75) is 94.9 Å². The minimum atomic E-state index is -1.41. The Hall–Kier alpha value is -1.18. The van der Waals surface area contributed by atoms with Crippen LogP contribution in [-0.4, -0.2) is 97.2 Å². The molecule has 11 nitrogen and oxygen atoms in total. The molecule has 184 valence electrons. The van der Waals surface area contributed by atoms with E-state index < -0.39 is 37.3 Å². The molecule has 11 heteroatoms. The highest BCUT2D eigenvalue weighted by atomic mass is 16.7. The first kappa shape index (κ1) is 25.4. The Kier molecular flexibility index (Phi) is 10.3. The summed E-state index contributed by atoms with van der Waals surface area (Å²) in [4.78, 5) is 0. The third-order valence-corrected chi connectivity index (χ3v) is 6.20. The van der Waals surface area contributed by atoms with E-state index in [1.54, 1.807) is 4.68 Å². The molecule has 0 radical (unpaired) electrons. The normalized spacial score (nSPS) is 32.7. The number of aromatic nitrogens is 3. The second-order valence-corrected chi connectivity index (χ2v) is 8.73. The van der Waals surface area contributed by atoms with Gasteiger partial charge >= 0.3 is 0 Å². The number of ether oxygens (including phenoxy) is 3. The molecular formula is C21H37N3O8. The van der Waals surface area contributed by atoms with Crippen molar-refractivity contribution >= 4 is 0 Å². The van der Waals surface area contributed by atoms with Gasteiger partial charge in [0.15, 0.2) is 6.29 Å². The zero-order valence-corrected chi connectivity index (χ0v) is 18.4. The van der Waals surface area contributed by atoms with E-state index in [2.05, 4.69) is 10.3 Å². The van der Waals surface area contributed by atoms with Crippen molar-refractivity contribution in [2.24, 2.45) is 5.92 Å². The van der Waals surface area contributed by atoms with Crippen LogP contribution in [0.1, 0.15) is 50.6 Å². The Balaban J connectivity index is 1.16. The molecule has 2 fully saturated rings. The maximum Gasteiger partial charge on any atom is 0.186 e. The molecule has 32 heavy (non-hydrogen) atoms. The van der Waals surface area contributed by atoms with Crippen molar-refractivity contribution in [3.8, 4) is 0 Å². The van der Waals surface area contributed by atoms with Gasteiger partial charge < -0.3 is 39.7 Å². The largest absolute Gasteiger partial charge is 0.394 e. The lowest BCUT2D eigenvalue weighted by molar-refractivity contribution is -0.301. The highest BCUT2D eigenvalue weighted by Gasteiger charge is 2.43. The SMILES string of the molecule is OCC1OC(OCCCCCCCOCc2cn(CC3CCC3O)nn2)C(O)C(O)C1O. The number of aliphatic hydroxyl groups is 5. The summed E-state index contributed by atoms with van der Waals surface area (Å²) < 4.78 is 18.2. The molecule has 1 aliphatic carbocycles. The molecule has 0 amide bonds. The number of unbranched alkanes of at least 4 members (excludes halogenated alkanes) is 4. The third kappa shape index (κ3) is 7.16. The first-order valence-electron chi connectivity index (χ1n) is 11.6. The summed E-state index contributed by atoms with van der Waals surface area (Å²) in [6.45, 7) is 1.67. The fraction of sp³-hybridized carbons (Fsp3) is 0.905. The van der Waals surface area contributed by atoms with Gasteiger partial charge in [0.1, 0.15) is 30.1 Å². The molecule has 7 unspecified atom stereocenters. The Morgan fingerprint density at radius 2 is 1.72 bits per heavy atom. The molecule has 1 saturated carbocycles. The van der Waals surface area contributed by atoms with Crippen LogP contribution in [-0.2, 0) is 27.4 Å². The molecule has 1 aliphatic heterocycles. The van der Waals surface area contributed by atoms with Crippen LogP contribution in [0.25, 0.3) is 0 Å². The van der Waals surface area contributed by atoms with E-state index in [1.807, 2.05) is 6.20 Å². The summed E-state index contributed by atoms with van der Waals surface area (Å²) in [5.41, 5.74) is 0.796. The zero-order chi connectivity index (χ0) is 22.9. The van der Waals surface area contributed by atoms with Crippen LogP contribution in [0.3, 0.4) is 0 Å². The Morgan fingerprint density at radius 3 is 2.41 bits per heavy atom. The number of rotatable bonds is 14. The molecular weight excluding hydrogens is 422 g/mol. The maximum absolute atomic E-state index is 9.92. The Labute approximate surface area is 187 Å². The predicted molar refractivity (Wildman–Crippen MR) is 111 cm³/mol. The Bertz CT molecular complexity index is 661. The monoisotopic (exact) mass is 459 g/mol. The minimum absolute atomic E-state index is 0.210. The van der Waals surface area contributed by atoms with Crippen molar-refractivity contribution in [1.82, 2.24) is 15.0 Å². The summed E-state index contributed by atoms with van der Waals surface area (Å²) in [5.74, 6) is 0.285. The predicted octanol–water partition coefficient (Wildman–Crippen LogP) is -0.667. The van der Waals surface area contributed by atoms with Gasteiger partial charge in [0, 0.05) is 25.7 Å². The van der Waals surface area contributed by atoms with Gasteiger partial charge in [-0.25, -0.2) is 0 Å². The molecule has 7 atom stereocenters. The fourth-order valence-corrected chi connectivity index (χ4v) is 3.92. The summed E-state index contributed by atoms with van der Waals surface area (Å²) in [7, 11) is 0. The summed E-state index contributed by atoms with van der Waals surface area (Å²) >= 11 is 0. The van der Waals surface area contributed by atoms with Crippen molar-refractivity contribution in [3.05, 3.63) is 11.9 Å². The second kappa shape index (κ2) is 12.9. The van der Waals surface area contributed by atoms with E-state index in [9.17, 15) is 25.5 Å². The van der Waals surface area contributed by atoms with E-state index in [1.165, 1.54) is 0 Å². The van der Waals surface area contributed by atoms with Gasteiger partial charge in [0.2, 0.25) is 0 Å². The molecule has 1 saturated heterocycles. The summed E-state index contributed by atoms with van der Waals surface area (Å²) in [6, 6.07) is 0. The van der Waals surface area contributed by atoms with E-state index in [4.69, 9.17) is 14.2 Å². The maximum atomic E-state index is 9.92. The lowest BCUT2D eigenvalue weighted by Gasteiger charge is -2.39. The number of hydrogen-bond donors (Lipinski definition) is 5. The van der Waals surface area contributed by atoms with Gasteiger partial charge in [0.05, 0.1) is 25.5 Å². The topological polar surface area (TPSA) is 160 Å². The zero-order valence-electron chi connectivity index (χ0n) is 18.4. The summed E-state index contributed by atoms with van der Waals surface area (Å²) in [5, 5.41) is 56.4. The van der Waals surface area contributed by atoms with Crippen molar-refractivity contribution in [1.29, 1.82) is 0 Å². The average Bonchev–Trinajstić information content (AvgIpc) is 3.25. The van der Waals surface area contributed by atoms with E-state index in [0.717, 1.165) is 50.6 Å². The third-order valence-electron chi connectivity index (χ3n) is 6.20. The lowest BCUT2D eigenvalue weighted by atomic mass is 9.82. The molecule has 2 aliphatic rings. The molecule has 3 rings (SSSR count). The lowest BCUT2D eigenvalue weighted by Crippen LogP contribution is -2.59. The molecule has 2 heterocycles. The number of hydrogen-bond acceptors (Lipinski definition) is 10. The number of aliphatic hydroxyl groups excluding tert-OH is 5.